The van der Waals surface area contributed by atoms with Crippen molar-refractivity contribution in [1.29, 1.82) is 0 Å². The van der Waals surface area contributed by atoms with Gasteiger partial charge >= 0.3 is 5.97 Å². The highest BCUT2D eigenvalue weighted by Gasteiger charge is 2.20. The zero-order valence-corrected chi connectivity index (χ0v) is 54.3. The molecule has 0 aliphatic carbocycles. The molecule has 0 rings (SSSR count). The molecule has 80 heavy (non-hydrogen) atoms. The van der Waals surface area contributed by atoms with Gasteiger partial charge in [-0.2, -0.15) is 0 Å². The van der Waals surface area contributed by atoms with E-state index in [9.17, 15) is 19.8 Å². The van der Waals surface area contributed by atoms with E-state index < -0.39 is 12.1 Å². The second-order valence-electron chi connectivity index (χ2n) is 25.3. The molecule has 0 aromatic carbocycles. The Labute approximate surface area is 501 Å². The molecule has 0 aliphatic rings. The number of allylic oxidation sites excluding steroid dienone is 4. The monoisotopic (exact) mass is 1130 g/mol. The van der Waals surface area contributed by atoms with E-state index in [1.165, 1.54) is 334 Å². The number of nitrogens with one attached hydrogen (secondary N) is 1. The molecule has 6 heteroatoms. The van der Waals surface area contributed by atoms with Gasteiger partial charge in [0.15, 0.2) is 0 Å². The number of carbonyl (C=O) groups excluding carboxylic acids is 2. The Bertz CT molecular complexity index is 1250. The maximum Gasteiger partial charge on any atom is 0.305 e. The molecule has 474 valence electrons. The molecular formula is C74H143NO5. The van der Waals surface area contributed by atoms with E-state index in [-0.39, 0.29) is 18.5 Å². The summed E-state index contributed by atoms with van der Waals surface area (Å²) in [7, 11) is 0. The van der Waals surface area contributed by atoms with Crippen LogP contribution in [0.1, 0.15) is 412 Å². The van der Waals surface area contributed by atoms with Gasteiger partial charge in [-0.25, -0.2) is 0 Å². The number of hydrogen-bond donors (Lipinski definition) is 3. The fourth-order valence-corrected chi connectivity index (χ4v) is 11.7. The number of aliphatic hydroxyl groups excluding tert-OH is 2. The summed E-state index contributed by atoms with van der Waals surface area (Å²) >= 11 is 0. The summed E-state index contributed by atoms with van der Waals surface area (Å²) in [6, 6.07) is -0.539. The SMILES string of the molecule is CCCCCCCCCCCCCCCCCCCC(=O)OCCCCCCCCCCC/C=C\C/C=C\CCCCCCCCCCCCCCCCCCCC(=O)NC(CO)C(O)CCCCCCCCCCCCCCC. The molecule has 0 heterocycles. The zero-order chi connectivity index (χ0) is 57.8. The molecule has 0 aromatic rings. The highest BCUT2D eigenvalue weighted by Crippen LogP contribution is 2.19. The van der Waals surface area contributed by atoms with Crippen LogP contribution < -0.4 is 5.32 Å². The summed E-state index contributed by atoms with van der Waals surface area (Å²) in [6.07, 6.45) is 88.2. The van der Waals surface area contributed by atoms with Gasteiger partial charge in [-0.05, 0) is 57.8 Å². The predicted molar refractivity (Wildman–Crippen MR) is 352 cm³/mol. The summed E-state index contributed by atoms with van der Waals surface area (Å²) in [5.41, 5.74) is 0. The minimum absolute atomic E-state index is 0.0189. The molecule has 0 fully saturated rings. The van der Waals surface area contributed by atoms with Crippen molar-refractivity contribution in [3.05, 3.63) is 24.3 Å². The summed E-state index contributed by atoms with van der Waals surface area (Å²) in [4.78, 5) is 24.6. The Kier molecular flexibility index (Phi) is 68.4. The smallest absolute Gasteiger partial charge is 0.305 e. The van der Waals surface area contributed by atoms with Gasteiger partial charge in [0.25, 0.3) is 0 Å². The maximum atomic E-state index is 12.5. The first-order valence-corrected chi connectivity index (χ1v) is 36.6. The van der Waals surface area contributed by atoms with Crippen molar-refractivity contribution in [2.24, 2.45) is 0 Å². The number of esters is 1. The Hall–Kier alpha value is -1.66. The summed E-state index contributed by atoms with van der Waals surface area (Å²) in [5.74, 6) is -0.0120. The standard InChI is InChI=1S/C74H143NO5/c1-3-5-7-9-11-13-15-17-18-36-40-44-48-52-56-60-64-68-74(79)80-69-65-61-57-53-49-45-41-38-35-33-31-29-27-25-23-21-19-20-22-24-26-28-30-32-34-37-39-43-47-51-55-59-63-67-73(78)75-71(70-76)72(77)66-62-58-54-50-46-42-16-14-12-10-8-6-4-2/h23,25,29,31,71-72,76-77H,3-22,24,26-28,30,32-70H2,1-2H3,(H,75,78)/b25-23-,31-29-. The van der Waals surface area contributed by atoms with Gasteiger partial charge in [0.1, 0.15) is 0 Å². The third-order valence-corrected chi connectivity index (χ3v) is 17.3. The lowest BCUT2D eigenvalue weighted by atomic mass is 10.0. The minimum Gasteiger partial charge on any atom is -0.466 e. The second-order valence-corrected chi connectivity index (χ2v) is 25.3. The van der Waals surface area contributed by atoms with E-state index in [4.69, 9.17) is 4.74 Å². The van der Waals surface area contributed by atoms with Crippen molar-refractivity contribution in [3.8, 4) is 0 Å². The van der Waals surface area contributed by atoms with Gasteiger partial charge in [-0.15, -0.1) is 0 Å². The lowest BCUT2D eigenvalue weighted by Gasteiger charge is -2.22. The first-order valence-electron chi connectivity index (χ1n) is 36.6. The molecule has 0 saturated carbocycles. The highest BCUT2D eigenvalue weighted by molar-refractivity contribution is 5.76. The summed E-state index contributed by atoms with van der Waals surface area (Å²) in [5, 5.41) is 23.3. The minimum atomic E-state index is -0.662. The van der Waals surface area contributed by atoms with E-state index in [1.54, 1.807) is 0 Å². The average Bonchev–Trinajstić information content (AvgIpc) is 3.46. The third-order valence-electron chi connectivity index (χ3n) is 17.3. The summed E-state index contributed by atoms with van der Waals surface area (Å²) < 4.78 is 5.50. The lowest BCUT2D eigenvalue weighted by Crippen LogP contribution is -2.45. The Morgan fingerprint density at radius 2 is 0.625 bits per heavy atom. The average molecular weight is 1130 g/mol. The molecule has 0 aliphatic heterocycles. The quantitative estimate of drug-likeness (QED) is 0.0320. The first kappa shape index (κ1) is 78.3. The van der Waals surface area contributed by atoms with Crippen LogP contribution in [-0.2, 0) is 14.3 Å². The van der Waals surface area contributed by atoms with E-state index in [0.717, 1.165) is 44.9 Å². The van der Waals surface area contributed by atoms with Crippen LogP contribution >= 0.6 is 0 Å². The maximum absolute atomic E-state index is 12.5. The van der Waals surface area contributed by atoms with Gasteiger partial charge in [0.05, 0.1) is 25.4 Å². The van der Waals surface area contributed by atoms with Crippen LogP contribution in [0, 0.1) is 0 Å². The van der Waals surface area contributed by atoms with Crippen molar-refractivity contribution in [1.82, 2.24) is 5.32 Å². The van der Waals surface area contributed by atoms with Crippen LogP contribution in [0.25, 0.3) is 0 Å². The van der Waals surface area contributed by atoms with E-state index in [2.05, 4.69) is 43.5 Å². The molecule has 0 saturated heterocycles. The molecule has 0 spiro atoms. The van der Waals surface area contributed by atoms with Crippen molar-refractivity contribution >= 4 is 11.9 Å². The topological polar surface area (TPSA) is 95.9 Å². The molecule has 0 radical (unpaired) electrons. The van der Waals surface area contributed by atoms with Crippen LogP contribution in [0.15, 0.2) is 24.3 Å². The van der Waals surface area contributed by atoms with E-state index in [0.29, 0.717) is 25.9 Å². The highest BCUT2D eigenvalue weighted by atomic mass is 16.5. The number of aliphatic hydroxyl groups is 2. The van der Waals surface area contributed by atoms with Crippen molar-refractivity contribution in [2.75, 3.05) is 13.2 Å². The number of amides is 1. The lowest BCUT2D eigenvalue weighted by molar-refractivity contribution is -0.143. The zero-order valence-electron chi connectivity index (χ0n) is 54.3. The van der Waals surface area contributed by atoms with Crippen molar-refractivity contribution in [2.45, 2.75) is 424 Å². The van der Waals surface area contributed by atoms with Crippen molar-refractivity contribution < 1.29 is 24.5 Å². The van der Waals surface area contributed by atoms with Crippen LogP contribution in [0.2, 0.25) is 0 Å². The van der Waals surface area contributed by atoms with E-state index in [1.807, 2.05) is 0 Å². The molecule has 2 unspecified atom stereocenters. The van der Waals surface area contributed by atoms with Gasteiger partial charge in [-0.1, -0.05) is 366 Å². The number of carbonyl (C=O) groups is 2. The molecule has 2 atom stereocenters. The summed E-state index contributed by atoms with van der Waals surface area (Å²) in [6.45, 7) is 4.99. The first-order chi connectivity index (χ1) is 39.5. The Morgan fingerprint density at radius 1 is 0.350 bits per heavy atom. The molecule has 0 aromatic heterocycles. The fraction of sp³-hybridized carbons (Fsp3) is 0.919. The van der Waals surface area contributed by atoms with Crippen LogP contribution in [0.3, 0.4) is 0 Å². The predicted octanol–water partition coefficient (Wildman–Crippen LogP) is 23.7. The van der Waals surface area contributed by atoms with Crippen LogP contribution in [-0.4, -0.2) is 47.4 Å². The van der Waals surface area contributed by atoms with Crippen LogP contribution in [0.4, 0.5) is 0 Å². The van der Waals surface area contributed by atoms with Gasteiger partial charge in [0.2, 0.25) is 5.91 Å². The molecular weight excluding hydrogens is 983 g/mol. The van der Waals surface area contributed by atoms with Crippen molar-refractivity contribution in [3.63, 3.8) is 0 Å². The van der Waals surface area contributed by atoms with Gasteiger partial charge in [-0.3, -0.25) is 9.59 Å². The largest absolute Gasteiger partial charge is 0.466 e. The molecule has 3 N–H and O–H groups in total. The number of hydrogen-bond acceptors (Lipinski definition) is 5. The molecule has 0 bridgehead atoms. The van der Waals surface area contributed by atoms with E-state index >= 15 is 0 Å². The van der Waals surface area contributed by atoms with Gasteiger partial charge < -0.3 is 20.3 Å². The number of unbranched alkanes of at least 4 members (excludes halogenated alkanes) is 54. The normalized spacial score (nSPS) is 12.6. The fourth-order valence-electron chi connectivity index (χ4n) is 11.7. The number of ether oxygens (including phenoxy) is 1. The molecule has 6 nitrogen and oxygen atoms in total. The second kappa shape index (κ2) is 69.8. The Morgan fingerprint density at radius 3 is 0.950 bits per heavy atom. The molecule has 1 amide bonds. The van der Waals surface area contributed by atoms with Crippen LogP contribution in [0.5, 0.6) is 0 Å². The Balaban J connectivity index is 3.35. The third kappa shape index (κ3) is 65.5. The van der Waals surface area contributed by atoms with Gasteiger partial charge in [0, 0.05) is 12.8 Å². The number of rotatable bonds is 69.